The van der Waals surface area contributed by atoms with Gasteiger partial charge in [0.1, 0.15) is 0 Å². The lowest BCUT2D eigenvalue weighted by Crippen LogP contribution is -2.52. The number of imide groups is 2. The van der Waals surface area contributed by atoms with Crippen LogP contribution in [-0.4, -0.2) is 76.4 Å². The number of carbonyl (C=O) groups is 5. The first-order chi connectivity index (χ1) is 25.9. The minimum atomic E-state index is -5.30. The van der Waals surface area contributed by atoms with Crippen LogP contribution in [0.1, 0.15) is 57.0 Å². The van der Waals surface area contributed by atoms with Crippen LogP contribution in [-0.2, 0) is 24.2 Å². The molecule has 2 aliphatic heterocycles. The molecule has 2 heterocycles. The van der Waals surface area contributed by atoms with Crippen LogP contribution in [0, 0.1) is 0 Å². The second-order valence-electron chi connectivity index (χ2n) is 13.1. The molecule has 5 amide bonds. The second-order valence-corrected chi connectivity index (χ2v) is 14.9. The Morgan fingerprint density at radius 1 is 0.722 bits per heavy atom. The predicted molar refractivity (Wildman–Crippen MR) is 201 cm³/mol. The van der Waals surface area contributed by atoms with E-state index in [0.717, 1.165) is 9.80 Å². The zero-order chi connectivity index (χ0) is 38.6. The lowest BCUT2D eigenvalue weighted by atomic mass is 9.86. The molecule has 54 heavy (non-hydrogen) atoms. The number of anilines is 2. The molecule has 0 bridgehead atoms. The third-order valence-corrected chi connectivity index (χ3v) is 11.7. The normalized spacial score (nSPS) is 19.7. The Hall–Kier alpha value is -5.34. The number of hydrogen-bond donors (Lipinski definition) is 5. The minimum absolute atomic E-state index is 0.00481. The number of nitrogens with one attached hydrogen (secondary N) is 1. The molecular formula is C39H41N6O8P. The van der Waals surface area contributed by atoms with Gasteiger partial charge in [0.2, 0.25) is 17.7 Å². The van der Waals surface area contributed by atoms with Gasteiger partial charge in [-0.3, -0.25) is 28.5 Å². The van der Waals surface area contributed by atoms with Crippen LogP contribution in [0.5, 0.6) is 0 Å². The van der Waals surface area contributed by atoms with Crippen molar-refractivity contribution in [3.05, 3.63) is 131 Å². The van der Waals surface area contributed by atoms with Crippen molar-refractivity contribution < 1.29 is 38.3 Å². The first-order valence-electron chi connectivity index (χ1n) is 17.5. The molecule has 0 aromatic heterocycles. The highest BCUT2D eigenvalue weighted by atomic mass is 31.2. The lowest BCUT2D eigenvalue weighted by molar-refractivity contribution is -0.136. The van der Waals surface area contributed by atoms with Crippen LogP contribution >= 0.6 is 7.60 Å². The summed E-state index contributed by atoms with van der Waals surface area (Å²) >= 11 is 0. The molecule has 280 valence electrons. The Balaban J connectivity index is 1.45. The third kappa shape index (κ3) is 7.03. The number of rotatable bonds is 10. The molecule has 14 nitrogen and oxygen atoms in total. The van der Waals surface area contributed by atoms with Gasteiger partial charge in [-0.2, -0.15) is 0 Å². The van der Waals surface area contributed by atoms with E-state index in [1.165, 1.54) is 41.3 Å². The van der Waals surface area contributed by atoms with Gasteiger partial charge in [-0.15, -0.1) is 0 Å². The van der Waals surface area contributed by atoms with Crippen LogP contribution in [0.2, 0.25) is 0 Å². The molecule has 4 aromatic carbocycles. The second kappa shape index (κ2) is 15.9. The summed E-state index contributed by atoms with van der Waals surface area (Å²) in [5, 5.41) is 0.927. The Bertz CT molecular complexity index is 2070. The molecule has 3 atom stereocenters. The van der Waals surface area contributed by atoms with Crippen molar-refractivity contribution in [2.75, 3.05) is 36.0 Å². The van der Waals surface area contributed by atoms with Gasteiger partial charge in [0, 0.05) is 23.6 Å². The van der Waals surface area contributed by atoms with Crippen molar-refractivity contribution in [3.8, 4) is 0 Å². The summed E-state index contributed by atoms with van der Waals surface area (Å²) in [6, 6.07) is 27.5. The average Bonchev–Trinajstić information content (AvgIpc) is 3.89. The summed E-state index contributed by atoms with van der Waals surface area (Å²) in [7, 11) is -5.30. The number of nitrogens with two attached hydrogens (primary N) is 2. The number of benzene rings is 4. The summed E-state index contributed by atoms with van der Waals surface area (Å²) in [6.07, 6.45) is 1.36. The van der Waals surface area contributed by atoms with E-state index in [1.54, 1.807) is 72.8 Å². The lowest BCUT2D eigenvalue weighted by Gasteiger charge is -2.44. The maximum Gasteiger partial charge on any atom is 0.356 e. The Morgan fingerprint density at radius 3 is 1.63 bits per heavy atom. The SMILES string of the molecule is NCC(=O)N(C(=O)c1ccccc1)c1ccc([C@@H]2CCN(C(=O)[C@@H]3CCCN3)[C@@]2(c2ccc(N(C(=O)CN)C(=O)c3ccccc3)cc2)P(=O)(O)O)cc1. The molecule has 2 fully saturated rings. The highest BCUT2D eigenvalue weighted by molar-refractivity contribution is 7.53. The Kier molecular flexibility index (Phi) is 11.3. The maximum absolute atomic E-state index is 14.2. The number of nitrogens with zero attached hydrogens (tertiary/aromatic N) is 3. The molecule has 4 aromatic rings. The summed E-state index contributed by atoms with van der Waals surface area (Å²) in [6.45, 7) is -0.345. The first-order valence-corrected chi connectivity index (χ1v) is 19.1. The van der Waals surface area contributed by atoms with Crippen molar-refractivity contribution in [1.29, 1.82) is 0 Å². The van der Waals surface area contributed by atoms with Crippen molar-refractivity contribution in [3.63, 3.8) is 0 Å². The number of hydrogen-bond acceptors (Lipinski definition) is 9. The van der Waals surface area contributed by atoms with Crippen LogP contribution < -0.4 is 26.6 Å². The van der Waals surface area contributed by atoms with E-state index >= 15 is 0 Å². The smallest absolute Gasteiger partial charge is 0.323 e. The van der Waals surface area contributed by atoms with Gasteiger partial charge in [-0.25, -0.2) is 9.80 Å². The monoisotopic (exact) mass is 752 g/mol. The summed E-state index contributed by atoms with van der Waals surface area (Å²) < 4.78 is 14.1. The van der Waals surface area contributed by atoms with Crippen molar-refractivity contribution >= 4 is 48.5 Å². The number of amides is 5. The molecule has 0 unspecified atom stereocenters. The molecule has 0 spiro atoms. The quantitative estimate of drug-likeness (QED) is 0.148. The molecule has 7 N–H and O–H groups in total. The highest BCUT2D eigenvalue weighted by Gasteiger charge is 2.64. The molecule has 0 radical (unpaired) electrons. The van der Waals surface area contributed by atoms with E-state index in [4.69, 9.17) is 11.5 Å². The van der Waals surface area contributed by atoms with E-state index in [9.17, 15) is 38.3 Å². The fraction of sp³-hybridized carbons (Fsp3) is 0.256. The third-order valence-electron chi connectivity index (χ3n) is 10.0. The number of carbonyl (C=O) groups excluding carboxylic acids is 5. The zero-order valence-electron chi connectivity index (χ0n) is 29.3. The molecule has 0 saturated carbocycles. The molecule has 15 heteroatoms. The van der Waals surface area contributed by atoms with Crippen LogP contribution in [0.4, 0.5) is 11.4 Å². The van der Waals surface area contributed by atoms with Crippen LogP contribution in [0.3, 0.4) is 0 Å². The minimum Gasteiger partial charge on any atom is -0.323 e. The van der Waals surface area contributed by atoms with Crippen molar-refractivity contribution in [2.24, 2.45) is 11.5 Å². The van der Waals surface area contributed by atoms with E-state index in [-0.39, 0.29) is 41.0 Å². The van der Waals surface area contributed by atoms with Gasteiger partial charge < -0.3 is 31.5 Å². The topological polar surface area (TPSA) is 217 Å². The highest BCUT2D eigenvalue weighted by Crippen LogP contribution is 2.69. The molecular weight excluding hydrogens is 711 g/mol. The van der Waals surface area contributed by atoms with Gasteiger partial charge in [-0.1, -0.05) is 60.7 Å². The standard InChI is InChI=1S/C39H41N6O8P/c40-24-34(46)44(36(48)27-8-3-1-4-9-27)30-17-13-26(14-18-30)32-21-23-43(38(50)33-12-7-22-42-33)39(32,54(51,52)53)29-15-19-31(20-16-29)45(35(47)25-41)37(49)28-10-5-2-6-11-28/h1-6,8-11,13-20,32-33,42H,7,12,21-25,40-41H2,(H2,51,52,53)/t32-,33-,39-/m0/s1. The maximum atomic E-state index is 14.2. The van der Waals surface area contributed by atoms with E-state index in [1.807, 2.05) is 0 Å². The Morgan fingerprint density at radius 2 is 1.20 bits per heavy atom. The molecule has 0 aliphatic carbocycles. The molecule has 2 aliphatic rings. The molecule has 6 rings (SSSR count). The van der Waals surface area contributed by atoms with Crippen LogP contribution in [0.25, 0.3) is 0 Å². The van der Waals surface area contributed by atoms with Gasteiger partial charge in [0.25, 0.3) is 11.8 Å². The fourth-order valence-corrected chi connectivity index (χ4v) is 9.21. The Labute approximate surface area is 311 Å². The van der Waals surface area contributed by atoms with Crippen LogP contribution in [0.15, 0.2) is 109 Å². The van der Waals surface area contributed by atoms with Crippen molar-refractivity contribution in [1.82, 2.24) is 10.2 Å². The largest absolute Gasteiger partial charge is 0.356 e. The first kappa shape index (κ1) is 38.4. The summed E-state index contributed by atoms with van der Waals surface area (Å²) in [5.74, 6) is -4.03. The predicted octanol–water partition coefficient (Wildman–Crippen LogP) is 3.05. The molecule has 2 saturated heterocycles. The van der Waals surface area contributed by atoms with Gasteiger partial charge in [0.05, 0.1) is 30.5 Å². The van der Waals surface area contributed by atoms with Gasteiger partial charge >= 0.3 is 7.60 Å². The van der Waals surface area contributed by atoms with E-state index in [0.29, 0.717) is 24.9 Å². The average molecular weight is 753 g/mol. The summed E-state index contributed by atoms with van der Waals surface area (Å²) in [4.78, 5) is 93.2. The summed E-state index contributed by atoms with van der Waals surface area (Å²) in [5.41, 5.74) is 12.7. The van der Waals surface area contributed by atoms with Gasteiger partial charge in [0.15, 0.2) is 5.28 Å². The van der Waals surface area contributed by atoms with Gasteiger partial charge in [-0.05, 0) is 85.5 Å². The number of likely N-dealkylation sites (tertiary alicyclic amines) is 1. The van der Waals surface area contributed by atoms with E-state index in [2.05, 4.69) is 5.32 Å². The zero-order valence-corrected chi connectivity index (χ0v) is 30.2. The van der Waals surface area contributed by atoms with Crippen molar-refractivity contribution in [2.45, 2.75) is 36.5 Å². The fourth-order valence-electron chi connectivity index (χ4n) is 7.53. The van der Waals surface area contributed by atoms with E-state index < -0.39 is 67.5 Å².